The van der Waals surface area contributed by atoms with Crippen molar-refractivity contribution in [3.8, 4) is 0 Å². The van der Waals surface area contributed by atoms with Crippen LogP contribution in [0.25, 0.3) is 0 Å². The third-order valence-electron chi connectivity index (χ3n) is 3.74. The first-order chi connectivity index (χ1) is 12.7. The fourth-order valence-electron chi connectivity index (χ4n) is 2.41. The first-order valence-electron chi connectivity index (χ1n) is 8.69. The second kappa shape index (κ2) is 13.0. The summed E-state index contributed by atoms with van der Waals surface area (Å²) in [5.74, 6) is 1.58. The molecule has 27 heavy (non-hydrogen) atoms. The molecule has 2 rings (SSSR count). The van der Waals surface area contributed by atoms with Gasteiger partial charge in [-0.1, -0.05) is 18.2 Å². The van der Waals surface area contributed by atoms with Crippen LogP contribution < -0.4 is 16.0 Å². The smallest absolute Gasteiger partial charge is 0.251 e. The molecule has 0 bridgehead atoms. The van der Waals surface area contributed by atoms with E-state index in [2.05, 4.69) is 27.5 Å². The summed E-state index contributed by atoms with van der Waals surface area (Å²) >= 11 is 0. The van der Waals surface area contributed by atoms with Gasteiger partial charge in [-0.3, -0.25) is 9.79 Å². The van der Waals surface area contributed by atoms with Crippen LogP contribution in [-0.4, -0.2) is 38.5 Å². The van der Waals surface area contributed by atoms with E-state index in [9.17, 15) is 4.79 Å². The molecular weight excluding hydrogens is 455 g/mol. The average molecular weight is 482 g/mol. The number of halogens is 1. The number of guanidine groups is 1. The Labute approximate surface area is 177 Å². The van der Waals surface area contributed by atoms with Crippen molar-refractivity contribution in [3.63, 3.8) is 0 Å². The Balaban J connectivity index is 0.00000364. The Morgan fingerprint density at radius 3 is 2.78 bits per heavy atom. The van der Waals surface area contributed by atoms with Crippen LogP contribution in [0.3, 0.4) is 0 Å². The Bertz CT molecular complexity index is 729. The van der Waals surface area contributed by atoms with Gasteiger partial charge in [0.25, 0.3) is 5.91 Å². The zero-order chi connectivity index (χ0) is 18.6. The number of nitrogens with zero attached hydrogens (tertiary/aromatic N) is 1. The molecule has 0 aliphatic rings. The van der Waals surface area contributed by atoms with E-state index in [1.54, 1.807) is 19.4 Å². The zero-order valence-electron chi connectivity index (χ0n) is 15.5. The van der Waals surface area contributed by atoms with Gasteiger partial charge in [0.2, 0.25) is 0 Å². The molecule has 0 fully saturated rings. The van der Waals surface area contributed by atoms with Crippen LogP contribution in [0.1, 0.15) is 21.7 Å². The highest BCUT2D eigenvalue weighted by Crippen LogP contribution is 2.05. The Morgan fingerprint density at radius 1 is 1.22 bits per heavy atom. The Morgan fingerprint density at radius 2 is 2.07 bits per heavy atom. The van der Waals surface area contributed by atoms with Gasteiger partial charge in [-0.15, -0.1) is 30.6 Å². The normalized spacial score (nSPS) is 10.6. The highest BCUT2D eigenvalue weighted by molar-refractivity contribution is 14.0. The van der Waals surface area contributed by atoms with Gasteiger partial charge < -0.3 is 20.4 Å². The van der Waals surface area contributed by atoms with Crippen LogP contribution in [0.5, 0.6) is 0 Å². The number of carbonyl (C=O) groups excluding carboxylic acids is 1. The first-order valence-corrected chi connectivity index (χ1v) is 8.69. The van der Waals surface area contributed by atoms with Crippen LogP contribution in [-0.2, 0) is 12.8 Å². The van der Waals surface area contributed by atoms with Crippen LogP contribution in [0.15, 0.2) is 64.7 Å². The van der Waals surface area contributed by atoms with E-state index in [4.69, 9.17) is 4.42 Å². The number of nitrogens with one attached hydrogen (secondary N) is 3. The van der Waals surface area contributed by atoms with E-state index < -0.39 is 0 Å². The number of furan rings is 1. The maximum absolute atomic E-state index is 11.7. The molecule has 0 saturated heterocycles. The second-order valence-corrected chi connectivity index (χ2v) is 5.69. The monoisotopic (exact) mass is 482 g/mol. The molecule has 0 saturated carbocycles. The van der Waals surface area contributed by atoms with Crippen molar-refractivity contribution in [3.05, 3.63) is 72.2 Å². The lowest BCUT2D eigenvalue weighted by atomic mass is 10.1. The van der Waals surface area contributed by atoms with Crippen molar-refractivity contribution in [2.24, 2.45) is 4.99 Å². The number of hydrogen-bond donors (Lipinski definition) is 3. The fourth-order valence-corrected chi connectivity index (χ4v) is 2.41. The molecule has 2 aromatic rings. The molecule has 1 aromatic heterocycles. The van der Waals surface area contributed by atoms with Crippen LogP contribution in [0, 0.1) is 0 Å². The van der Waals surface area contributed by atoms with Gasteiger partial charge in [-0.05, 0) is 36.2 Å². The van der Waals surface area contributed by atoms with Crippen molar-refractivity contribution in [2.45, 2.75) is 12.8 Å². The summed E-state index contributed by atoms with van der Waals surface area (Å²) in [6.07, 6.45) is 5.00. The molecule has 146 valence electrons. The molecule has 1 amide bonds. The minimum Gasteiger partial charge on any atom is -0.469 e. The summed E-state index contributed by atoms with van der Waals surface area (Å²) in [7, 11) is 1.63. The fraction of sp³-hybridized carbons (Fsp3) is 0.300. The van der Waals surface area contributed by atoms with Gasteiger partial charge in [-0.2, -0.15) is 0 Å². The van der Waals surface area contributed by atoms with Crippen molar-refractivity contribution >= 4 is 35.8 Å². The van der Waals surface area contributed by atoms with Crippen LogP contribution in [0.4, 0.5) is 0 Å². The summed E-state index contributed by atoms with van der Waals surface area (Å²) in [4.78, 5) is 16.3. The number of benzene rings is 1. The SMILES string of the molecule is C=CCNC(=NCCc1ccco1)NCCc1cccc(C(=O)NC)c1.I. The van der Waals surface area contributed by atoms with Gasteiger partial charge in [-0.25, -0.2) is 0 Å². The summed E-state index contributed by atoms with van der Waals surface area (Å²) < 4.78 is 5.32. The molecule has 0 atom stereocenters. The Kier molecular flexibility index (Phi) is 10.9. The maximum atomic E-state index is 11.7. The lowest BCUT2D eigenvalue weighted by molar-refractivity contribution is 0.0963. The molecule has 7 heteroatoms. The van der Waals surface area contributed by atoms with E-state index in [0.29, 0.717) is 25.2 Å². The molecule has 1 aromatic carbocycles. The highest BCUT2D eigenvalue weighted by atomic mass is 127. The molecular formula is C20H27IN4O2. The van der Waals surface area contributed by atoms with E-state index in [1.807, 2.05) is 36.4 Å². The lowest BCUT2D eigenvalue weighted by Crippen LogP contribution is -2.38. The molecule has 0 spiro atoms. The summed E-state index contributed by atoms with van der Waals surface area (Å²) in [6, 6.07) is 11.4. The molecule has 1 heterocycles. The maximum Gasteiger partial charge on any atom is 0.251 e. The van der Waals surface area contributed by atoms with Crippen LogP contribution >= 0.6 is 24.0 Å². The Hall–Kier alpha value is -2.29. The lowest BCUT2D eigenvalue weighted by Gasteiger charge is -2.11. The predicted molar refractivity (Wildman–Crippen MR) is 120 cm³/mol. The molecule has 3 N–H and O–H groups in total. The summed E-state index contributed by atoms with van der Waals surface area (Å²) in [5, 5.41) is 9.15. The zero-order valence-corrected chi connectivity index (χ0v) is 17.9. The van der Waals surface area contributed by atoms with E-state index in [0.717, 1.165) is 30.1 Å². The number of amides is 1. The van der Waals surface area contributed by atoms with Crippen LogP contribution in [0.2, 0.25) is 0 Å². The quantitative estimate of drug-likeness (QED) is 0.222. The van der Waals surface area contributed by atoms with Crippen molar-refractivity contribution < 1.29 is 9.21 Å². The van der Waals surface area contributed by atoms with E-state index in [-0.39, 0.29) is 29.9 Å². The third-order valence-corrected chi connectivity index (χ3v) is 3.74. The predicted octanol–water partition coefficient (Wildman–Crippen LogP) is 2.76. The molecule has 6 nitrogen and oxygen atoms in total. The molecule has 0 aliphatic heterocycles. The number of rotatable bonds is 9. The van der Waals surface area contributed by atoms with E-state index in [1.165, 1.54) is 0 Å². The highest BCUT2D eigenvalue weighted by Gasteiger charge is 2.04. The number of hydrogen-bond acceptors (Lipinski definition) is 3. The molecule has 0 unspecified atom stereocenters. The van der Waals surface area contributed by atoms with Gasteiger partial charge >= 0.3 is 0 Å². The van der Waals surface area contributed by atoms with Crippen molar-refractivity contribution in [1.29, 1.82) is 0 Å². The van der Waals surface area contributed by atoms with E-state index >= 15 is 0 Å². The summed E-state index contributed by atoms with van der Waals surface area (Å²) in [5.41, 5.74) is 1.76. The topological polar surface area (TPSA) is 78.7 Å². The minimum atomic E-state index is -0.0763. The standard InChI is InChI=1S/C20H26N4O2.HI/c1-3-11-22-20(24-13-10-18-8-5-14-26-18)23-12-9-16-6-4-7-17(15-16)19(25)21-2;/h3-8,14-15H,1,9-13H2,2H3,(H,21,25)(H2,22,23,24);1H. The van der Waals surface area contributed by atoms with Crippen molar-refractivity contribution in [2.75, 3.05) is 26.7 Å². The molecule has 0 radical (unpaired) electrons. The van der Waals surface area contributed by atoms with Gasteiger partial charge in [0, 0.05) is 38.7 Å². The molecule has 0 aliphatic carbocycles. The second-order valence-electron chi connectivity index (χ2n) is 5.69. The largest absolute Gasteiger partial charge is 0.469 e. The van der Waals surface area contributed by atoms with Crippen molar-refractivity contribution in [1.82, 2.24) is 16.0 Å². The first kappa shape index (κ1) is 22.8. The van der Waals surface area contributed by atoms with Gasteiger partial charge in [0.1, 0.15) is 5.76 Å². The number of aliphatic imine (C=N–C) groups is 1. The third kappa shape index (κ3) is 8.29. The average Bonchev–Trinajstić information content (AvgIpc) is 3.18. The minimum absolute atomic E-state index is 0. The summed E-state index contributed by atoms with van der Waals surface area (Å²) in [6.45, 7) is 5.70. The van der Waals surface area contributed by atoms with Gasteiger partial charge in [0.05, 0.1) is 6.26 Å². The number of carbonyl (C=O) groups is 1. The van der Waals surface area contributed by atoms with Gasteiger partial charge in [0.15, 0.2) is 5.96 Å².